The SMILES string of the molecule is CCOC(=O)Cc1cc(-c2c(OC)cccc2OC(C)C)sc1-c1sc(-c2sc(-c3sc(-c4sc(-c5c(OC)cccc5OC(C)C)c(C)c4CC(=O)OCC)c(C)c3C)c(C)c2C)c(C)c1C. The first-order valence-electron chi connectivity index (χ1n) is 23.0. The minimum atomic E-state index is -0.259. The van der Waals surface area contributed by atoms with Crippen LogP contribution in [0.25, 0.3) is 59.9 Å². The largest absolute Gasteiger partial charge is 0.496 e. The summed E-state index contributed by atoms with van der Waals surface area (Å²) in [5, 5.41) is 0. The maximum absolute atomic E-state index is 13.3. The minimum Gasteiger partial charge on any atom is -0.496 e. The molecule has 2 aromatic carbocycles. The van der Waals surface area contributed by atoms with Crippen LogP contribution < -0.4 is 18.9 Å². The van der Waals surface area contributed by atoms with Gasteiger partial charge in [0.15, 0.2) is 0 Å². The van der Waals surface area contributed by atoms with Gasteiger partial charge in [-0.05, 0) is 170 Å². The van der Waals surface area contributed by atoms with Gasteiger partial charge in [-0.2, -0.15) is 0 Å². The van der Waals surface area contributed by atoms with Crippen LogP contribution in [0.4, 0.5) is 0 Å². The van der Waals surface area contributed by atoms with Crippen molar-refractivity contribution in [3.63, 3.8) is 0 Å². The van der Waals surface area contributed by atoms with Crippen molar-refractivity contribution in [2.45, 2.75) is 115 Å². The third kappa shape index (κ3) is 9.92. The molecular weight excluding hydrogens is 949 g/mol. The second kappa shape index (κ2) is 21.4. The smallest absolute Gasteiger partial charge is 0.310 e. The Labute approximate surface area is 421 Å². The monoisotopic (exact) mass is 1010 g/mol. The van der Waals surface area contributed by atoms with Gasteiger partial charge < -0.3 is 28.4 Å². The molecule has 0 radical (unpaired) electrons. The second-order valence-electron chi connectivity index (χ2n) is 17.3. The lowest BCUT2D eigenvalue weighted by Crippen LogP contribution is -2.08. The molecule has 0 aliphatic heterocycles. The van der Waals surface area contributed by atoms with Gasteiger partial charge in [-0.15, -0.1) is 56.7 Å². The maximum Gasteiger partial charge on any atom is 0.310 e. The minimum absolute atomic E-state index is 0.0378. The van der Waals surface area contributed by atoms with Crippen LogP contribution in [0.15, 0.2) is 42.5 Å². The number of rotatable bonds is 18. The summed E-state index contributed by atoms with van der Waals surface area (Å²) < 4.78 is 35.6. The first-order chi connectivity index (χ1) is 32.4. The molecule has 0 fully saturated rings. The number of esters is 2. The normalized spacial score (nSPS) is 11.5. The van der Waals surface area contributed by atoms with Crippen LogP contribution in [-0.4, -0.2) is 51.6 Å². The molecule has 5 heterocycles. The molecule has 7 aromatic rings. The summed E-state index contributed by atoms with van der Waals surface area (Å²) >= 11 is 8.78. The van der Waals surface area contributed by atoms with Gasteiger partial charge in [0.05, 0.1) is 63.6 Å². The third-order valence-corrected chi connectivity index (χ3v) is 19.5. The van der Waals surface area contributed by atoms with E-state index < -0.39 is 0 Å². The van der Waals surface area contributed by atoms with Crippen LogP contribution in [0.3, 0.4) is 0 Å². The van der Waals surface area contributed by atoms with E-state index in [4.69, 9.17) is 28.4 Å². The van der Waals surface area contributed by atoms with E-state index in [2.05, 4.69) is 54.5 Å². The number of benzene rings is 2. The van der Waals surface area contributed by atoms with E-state index >= 15 is 0 Å². The molecule has 13 heteroatoms. The van der Waals surface area contributed by atoms with Crippen molar-refractivity contribution in [2.24, 2.45) is 0 Å². The van der Waals surface area contributed by atoms with E-state index in [1.54, 1.807) is 59.6 Å². The van der Waals surface area contributed by atoms with E-state index in [0.29, 0.717) is 19.0 Å². The van der Waals surface area contributed by atoms with E-state index in [9.17, 15) is 9.59 Å². The fraction of sp³-hybridized carbons (Fsp3) is 0.382. The Hall–Kier alpha value is -4.92. The zero-order valence-corrected chi connectivity index (χ0v) is 45.9. The zero-order valence-electron chi connectivity index (χ0n) is 41.8. The molecule has 0 N–H and O–H groups in total. The summed E-state index contributed by atoms with van der Waals surface area (Å²) in [6, 6.07) is 13.9. The standard InChI is InChI=1S/C55H62O8S5/c1-16-60-43(56)25-36-24-42(45-38(58-14)20-18-22-40(45)62-27(3)4)64-54(36)52-33(11)31(9)50(67-52)48-29(7)30(8)49(66-48)51-32(10)34(12)53(68-51)55-37(26-44(57)61-17-2)35(13)47(65-55)46-39(59-15)21-19-23-41(46)63-28(5)6/h18-24,27-28H,16-17,25-26H2,1-15H3. The van der Waals surface area contributed by atoms with Crippen LogP contribution in [0.2, 0.25) is 0 Å². The molecule has 0 amide bonds. The topological polar surface area (TPSA) is 89.5 Å². The molecule has 0 atom stereocenters. The molecule has 0 spiro atoms. The van der Waals surface area contributed by atoms with Crippen molar-refractivity contribution < 1.29 is 38.0 Å². The maximum atomic E-state index is 13.3. The van der Waals surface area contributed by atoms with Gasteiger partial charge in [0, 0.05) is 48.8 Å². The molecule has 0 saturated heterocycles. The van der Waals surface area contributed by atoms with Crippen molar-refractivity contribution in [1.82, 2.24) is 0 Å². The number of carbonyl (C=O) groups excluding carboxylic acids is 2. The molecule has 68 heavy (non-hydrogen) atoms. The molecule has 0 aliphatic rings. The Bertz CT molecular complexity index is 2990. The van der Waals surface area contributed by atoms with E-state index in [1.807, 2.05) is 89.3 Å². The Kier molecular flexibility index (Phi) is 16.0. The fourth-order valence-corrected chi connectivity index (χ4v) is 15.9. The summed E-state index contributed by atoms with van der Waals surface area (Å²) in [4.78, 5) is 37.8. The van der Waals surface area contributed by atoms with Crippen LogP contribution in [0, 0.1) is 48.5 Å². The van der Waals surface area contributed by atoms with Gasteiger partial charge in [0.2, 0.25) is 0 Å². The lowest BCUT2D eigenvalue weighted by molar-refractivity contribution is -0.143. The molecule has 7 rings (SSSR count). The highest BCUT2D eigenvalue weighted by molar-refractivity contribution is 7.31. The Balaban J connectivity index is 1.36. The summed E-state index contributed by atoms with van der Waals surface area (Å²) in [7, 11) is 3.36. The van der Waals surface area contributed by atoms with Crippen molar-refractivity contribution in [2.75, 3.05) is 27.4 Å². The third-order valence-electron chi connectivity index (χ3n) is 12.1. The van der Waals surface area contributed by atoms with Crippen molar-refractivity contribution >= 4 is 68.6 Å². The Morgan fingerprint density at radius 3 is 1.29 bits per heavy atom. The van der Waals surface area contributed by atoms with Crippen molar-refractivity contribution in [1.29, 1.82) is 0 Å². The van der Waals surface area contributed by atoms with Crippen LogP contribution in [-0.2, 0) is 31.9 Å². The van der Waals surface area contributed by atoms with E-state index in [0.717, 1.165) is 74.3 Å². The fourth-order valence-electron chi connectivity index (χ4n) is 8.40. The van der Waals surface area contributed by atoms with Crippen LogP contribution in [0.5, 0.6) is 23.0 Å². The number of hydrogen-bond donors (Lipinski definition) is 0. The molecule has 0 unspecified atom stereocenters. The summed E-state index contributed by atoms with van der Waals surface area (Å²) in [5.74, 6) is 2.40. The molecule has 5 aromatic heterocycles. The van der Waals surface area contributed by atoms with Gasteiger partial charge in [-0.25, -0.2) is 0 Å². The number of hydrogen-bond acceptors (Lipinski definition) is 13. The first-order valence-corrected chi connectivity index (χ1v) is 27.1. The summed E-state index contributed by atoms with van der Waals surface area (Å²) in [6.45, 7) is 27.8. The quantitative estimate of drug-likeness (QED) is 0.0786. The zero-order chi connectivity index (χ0) is 49.3. The van der Waals surface area contributed by atoms with Gasteiger partial charge in [0.1, 0.15) is 23.0 Å². The number of carbonyl (C=O) groups is 2. The average molecular weight is 1010 g/mol. The summed E-state index contributed by atoms with van der Waals surface area (Å²) in [6.07, 6.45) is 0.233. The highest BCUT2D eigenvalue weighted by Gasteiger charge is 2.30. The Morgan fingerprint density at radius 1 is 0.471 bits per heavy atom. The van der Waals surface area contributed by atoms with E-state index in [-0.39, 0.29) is 37.0 Å². The average Bonchev–Trinajstić information content (AvgIpc) is 4.07. The first kappa shape index (κ1) is 50.9. The van der Waals surface area contributed by atoms with Crippen LogP contribution in [0.1, 0.15) is 91.6 Å². The van der Waals surface area contributed by atoms with Gasteiger partial charge in [-0.1, -0.05) is 12.1 Å². The number of ether oxygens (including phenoxy) is 6. The van der Waals surface area contributed by atoms with Crippen molar-refractivity contribution in [3.05, 3.63) is 92.5 Å². The lowest BCUT2D eigenvalue weighted by Gasteiger charge is -2.17. The van der Waals surface area contributed by atoms with Gasteiger partial charge in [-0.3, -0.25) is 9.59 Å². The molecule has 0 saturated carbocycles. The lowest BCUT2D eigenvalue weighted by atomic mass is 10.00. The molecule has 0 aliphatic carbocycles. The predicted octanol–water partition coefficient (Wildman–Crippen LogP) is 16.0. The molecule has 0 bridgehead atoms. The molecule has 360 valence electrons. The van der Waals surface area contributed by atoms with E-state index in [1.165, 1.54) is 52.9 Å². The molecule has 8 nitrogen and oxygen atoms in total. The van der Waals surface area contributed by atoms with Gasteiger partial charge in [0.25, 0.3) is 0 Å². The highest BCUT2D eigenvalue weighted by atomic mass is 32.1. The Morgan fingerprint density at radius 2 is 0.853 bits per heavy atom. The van der Waals surface area contributed by atoms with Crippen LogP contribution >= 0.6 is 56.7 Å². The summed E-state index contributed by atoms with van der Waals surface area (Å²) in [5.41, 5.74) is 12.0. The van der Waals surface area contributed by atoms with Gasteiger partial charge >= 0.3 is 11.9 Å². The second-order valence-corrected chi connectivity index (χ2v) is 22.5. The number of thiophene rings is 5. The molecular formula is C55H62O8S5. The predicted molar refractivity (Wildman–Crippen MR) is 287 cm³/mol. The number of methoxy groups -OCH3 is 2. The van der Waals surface area contributed by atoms with Crippen molar-refractivity contribution in [3.8, 4) is 82.9 Å². The highest BCUT2D eigenvalue weighted by Crippen LogP contribution is 2.56.